The average Bonchev–Trinajstić information content (AvgIpc) is 2.69. The van der Waals surface area contributed by atoms with Crippen molar-refractivity contribution < 1.29 is 14.0 Å². The van der Waals surface area contributed by atoms with Crippen LogP contribution in [0.4, 0.5) is 0 Å². The summed E-state index contributed by atoms with van der Waals surface area (Å²) >= 11 is 0. The molecule has 30 heavy (non-hydrogen) atoms. The molecular weight excluding hydrogens is 404 g/mol. The minimum atomic E-state index is -1.97. The maximum absolute atomic E-state index is 11.6. The molecular formula is C25H52O3Si2. The summed E-state index contributed by atoms with van der Waals surface area (Å²) in [6.45, 7) is 27.6. The van der Waals surface area contributed by atoms with Gasteiger partial charge in [0.25, 0.3) is 0 Å². The molecule has 0 heterocycles. The summed E-state index contributed by atoms with van der Waals surface area (Å²) in [7, 11) is -3.50. The van der Waals surface area contributed by atoms with Crippen molar-refractivity contribution in [3.63, 3.8) is 0 Å². The molecule has 178 valence electrons. The lowest BCUT2D eigenvalue weighted by atomic mass is 10.0. The zero-order valence-corrected chi connectivity index (χ0v) is 24.0. The molecule has 0 N–H and O–H groups in total. The van der Waals surface area contributed by atoms with Gasteiger partial charge in [-0.05, 0) is 57.2 Å². The van der Waals surface area contributed by atoms with Crippen molar-refractivity contribution in [1.82, 2.24) is 0 Å². The van der Waals surface area contributed by atoms with E-state index in [0.29, 0.717) is 12.2 Å². The normalized spacial score (nSPS) is 15.0. The number of unbranched alkanes of at least 4 members (excludes halogenated alkanes) is 2. The van der Waals surface area contributed by atoms with Crippen LogP contribution in [0.25, 0.3) is 0 Å². The number of carbonyl (C=O) groups excluding carboxylic acids is 1. The number of rotatable bonds is 16. The molecule has 0 fully saturated rings. The van der Waals surface area contributed by atoms with Crippen molar-refractivity contribution in [3.05, 3.63) is 12.2 Å². The quantitative estimate of drug-likeness (QED) is 0.101. The molecule has 1 atom stereocenters. The number of esters is 1. The van der Waals surface area contributed by atoms with Crippen LogP contribution >= 0.6 is 0 Å². The Morgan fingerprint density at radius 1 is 0.933 bits per heavy atom. The van der Waals surface area contributed by atoms with Gasteiger partial charge in [-0.15, -0.1) is 0 Å². The number of hydrogen-bond acceptors (Lipinski definition) is 3. The van der Waals surface area contributed by atoms with Crippen molar-refractivity contribution in [2.24, 2.45) is 0 Å². The fraction of sp³-hybridized carbons (Fsp3) is 0.880. The largest absolute Gasteiger partial charge is 0.462 e. The van der Waals surface area contributed by atoms with Gasteiger partial charge in [0.05, 0.1) is 14.7 Å². The van der Waals surface area contributed by atoms with Crippen molar-refractivity contribution >= 4 is 22.4 Å². The Balaban J connectivity index is 5.29. The highest BCUT2D eigenvalue weighted by molar-refractivity contribution is 6.82. The van der Waals surface area contributed by atoms with Gasteiger partial charge in [-0.1, -0.05) is 79.6 Å². The van der Waals surface area contributed by atoms with Gasteiger partial charge in [0.15, 0.2) is 8.32 Å². The van der Waals surface area contributed by atoms with Gasteiger partial charge in [-0.25, -0.2) is 4.79 Å². The predicted octanol–water partition coefficient (Wildman–Crippen LogP) is 8.27. The zero-order valence-electron chi connectivity index (χ0n) is 22.0. The Hall–Kier alpha value is -0.396. The molecule has 0 aliphatic carbocycles. The average molecular weight is 457 g/mol. The molecule has 5 heteroatoms. The van der Waals surface area contributed by atoms with Crippen molar-refractivity contribution in [2.45, 2.75) is 135 Å². The second-order valence-electron chi connectivity index (χ2n) is 10.6. The van der Waals surface area contributed by atoms with E-state index in [1.807, 2.05) is 0 Å². The molecule has 0 aliphatic heterocycles. The van der Waals surface area contributed by atoms with Gasteiger partial charge in [-0.3, -0.25) is 0 Å². The fourth-order valence-electron chi connectivity index (χ4n) is 4.76. The van der Waals surface area contributed by atoms with Crippen LogP contribution in [0.2, 0.25) is 37.3 Å². The van der Waals surface area contributed by atoms with Gasteiger partial charge in [0.2, 0.25) is 0 Å². The smallest absolute Gasteiger partial charge is 0.333 e. The second kappa shape index (κ2) is 12.6. The molecule has 0 spiro atoms. The molecule has 0 unspecified atom stereocenters. The van der Waals surface area contributed by atoms with Crippen LogP contribution < -0.4 is 0 Å². The van der Waals surface area contributed by atoms with E-state index in [2.05, 4.69) is 67.4 Å². The molecule has 0 aliphatic rings. The summed E-state index contributed by atoms with van der Waals surface area (Å²) in [5.74, 6) is -0.277. The molecule has 0 radical (unpaired) electrons. The lowest BCUT2D eigenvalue weighted by Gasteiger charge is -2.53. The summed E-state index contributed by atoms with van der Waals surface area (Å²) in [6.07, 6.45) is 9.08. The summed E-state index contributed by atoms with van der Waals surface area (Å²) in [5.41, 5.74) is 0.473. The third-order valence-electron chi connectivity index (χ3n) is 7.92. The van der Waals surface area contributed by atoms with Gasteiger partial charge < -0.3 is 9.16 Å². The predicted molar refractivity (Wildman–Crippen MR) is 137 cm³/mol. The van der Waals surface area contributed by atoms with Crippen LogP contribution in [0.1, 0.15) is 92.9 Å². The molecule has 3 nitrogen and oxygen atoms in total. The van der Waals surface area contributed by atoms with Crippen LogP contribution in [0.15, 0.2) is 12.2 Å². The Labute approximate surface area is 190 Å². The first-order valence-corrected chi connectivity index (χ1v) is 18.4. The second-order valence-corrected chi connectivity index (χ2v) is 20.2. The Morgan fingerprint density at radius 2 is 1.50 bits per heavy atom. The summed E-state index contributed by atoms with van der Waals surface area (Å²) in [4.78, 5) is 11.6. The van der Waals surface area contributed by atoms with E-state index in [1.54, 1.807) is 6.92 Å². The standard InChI is InChI=1S/C25H52O3Si2/c1-12-16-21-29(8,9)25(14-3,15-4)28-30(10,11)24(7,13-2)19-17-18-20-27-23(26)22(5)6/h5,12-21H2,1-4,6-11H3/t24-/m0/s1. The van der Waals surface area contributed by atoms with E-state index in [0.717, 1.165) is 38.5 Å². The molecule has 0 amide bonds. The first kappa shape index (κ1) is 29.6. The van der Waals surface area contributed by atoms with Crippen LogP contribution in [0, 0.1) is 0 Å². The number of hydrogen-bond donors (Lipinski definition) is 0. The van der Waals surface area contributed by atoms with E-state index >= 15 is 0 Å². The minimum absolute atomic E-state index is 0.0747. The van der Waals surface area contributed by atoms with Crippen LogP contribution in [0.3, 0.4) is 0 Å². The van der Waals surface area contributed by atoms with E-state index in [-0.39, 0.29) is 16.2 Å². The summed E-state index contributed by atoms with van der Waals surface area (Å²) in [5, 5.41) is 0.293. The van der Waals surface area contributed by atoms with Gasteiger partial charge in [-0.2, -0.15) is 0 Å². The molecule has 0 aromatic rings. The van der Waals surface area contributed by atoms with E-state index in [1.165, 1.54) is 18.9 Å². The molecule has 0 saturated carbocycles. The van der Waals surface area contributed by atoms with E-state index in [4.69, 9.17) is 9.16 Å². The van der Waals surface area contributed by atoms with Crippen molar-refractivity contribution in [1.29, 1.82) is 0 Å². The topological polar surface area (TPSA) is 35.5 Å². The van der Waals surface area contributed by atoms with Gasteiger partial charge >= 0.3 is 5.97 Å². The number of carbonyl (C=O) groups is 1. The van der Waals surface area contributed by atoms with Crippen LogP contribution in [-0.4, -0.2) is 34.2 Å². The number of ether oxygens (including phenoxy) is 1. The highest BCUT2D eigenvalue weighted by Crippen LogP contribution is 2.50. The maximum Gasteiger partial charge on any atom is 0.333 e. The lowest BCUT2D eigenvalue weighted by molar-refractivity contribution is -0.139. The third-order valence-corrected chi connectivity index (χ3v) is 17.4. The Bertz CT molecular complexity index is 539. The third kappa shape index (κ3) is 7.63. The highest BCUT2D eigenvalue weighted by Gasteiger charge is 2.52. The monoisotopic (exact) mass is 456 g/mol. The van der Waals surface area contributed by atoms with E-state index in [9.17, 15) is 4.79 Å². The van der Waals surface area contributed by atoms with Crippen molar-refractivity contribution in [2.75, 3.05) is 6.61 Å². The zero-order chi connectivity index (χ0) is 23.6. The van der Waals surface area contributed by atoms with Crippen LogP contribution in [0.5, 0.6) is 0 Å². The van der Waals surface area contributed by atoms with Crippen molar-refractivity contribution in [3.8, 4) is 0 Å². The molecule has 0 aromatic heterocycles. The van der Waals surface area contributed by atoms with Gasteiger partial charge in [0.1, 0.15) is 0 Å². The summed E-state index contributed by atoms with van der Waals surface area (Å²) in [6, 6.07) is 1.35. The fourth-order valence-corrected chi connectivity index (χ4v) is 13.4. The molecule has 0 saturated heterocycles. The first-order valence-electron chi connectivity index (χ1n) is 12.3. The van der Waals surface area contributed by atoms with E-state index < -0.39 is 16.4 Å². The van der Waals surface area contributed by atoms with Gasteiger partial charge in [0, 0.05) is 10.8 Å². The maximum atomic E-state index is 11.6. The Morgan fingerprint density at radius 3 is 1.93 bits per heavy atom. The minimum Gasteiger partial charge on any atom is -0.462 e. The SMILES string of the molecule is C=C(C)C(=O)OCCCC[C@](C)(CC)[Si](C)(C)OC(CC)(CC)[Si](C)(C)CCCC. The molecule has 0 bridgehead atoms. The first-order chi connectivity index (χ1) is 13.8. The molecule has 0 rings (SSSR count). The highest BCUT2D eigenvalue weighted by atomic mass is 28.4. The molecule has 0 aromatic carbocycles. The lowest BCUT2D eigenvalue weighted by Crippen LogP contribution is -2.62. The Kier molecular flexibility index (Phi) is 12.4. The summed E-state index contributed by atoms with van der Waals surface area (Å²) < 4.78 is 12.7. The van der Waals surface area contributed by atoms with Crippen LogP contribution in [-0.2, 0) is 14.0 Å².